The Hall–Kier alpha value is -2.10. The second kappa shape index (κ2) is 6.37. The number of amides is 1. The number of H-pyrrole nitrogens is 1. The monoisotopic (exact) mass is 271 g/mol. The number of fused-ring (bicyclic) bond motifs is 1. The lowest BCUT2D eigenvalue weighted by Crippen LogP contribution is -2.35. The van der Waals surface area contributed by atoms with Gasteiger partial charge in [0, 0.05) is 36.3 Å². The van der Waals surface area contributed by atoms with Crippen molar-refractivity contribution < 1.29 is 4.79 Å². The molecule has 0 unspecified atom stereocenters. The minimum Gasteiger partial charge on any atom is -0.334 e. The Labute approximate surface area is 119 Å². The summed E-state index contributed by atoms with van der Waals surface area (Å²) < 4.78 is 0. The van der Waals surface area contributed by atoms with E-state index in [0.29, 0.717) is 6.54 Å². The van der Waals surface area contributed by atoms with E-state index in [9.17, 15) is 4.79 Å². The largest absolute Gasteiger partial charge is 0.334 e. The first-order valence-electron chi connectivity index (χ1n) is 7.11. The zero-order valence-electron chi connectivity index (χ0n) is 12.3. The number of nitrogens with zero attached hydrogens (tertiary/aromatic N) is 2. The molecule has 0 aliphatic carbocycles. The smallest absolute Gasteiger partial charge is 0.254 e. The minimum absolute atomic E-state index is 0.0989. The number of hydrogen-bond acceptors (Lipinski definition) is 2. The van der Waals surface area contributed by atoms with E-state index in [1.165, 1.54) is 5.56 Å². The molecule has 1 aliphatic rings. The average molecular weight is 271 g/mol. The maximum Gasteiger partial charge on any atom is 0.254 e. The summed E-state index contributed by atoms with van der Waals surface area (Å²) in [6.07, 6.45) is 2.66. The molecule has 1 aromatic carbocycles. The van der Waals surface area contributed by atoms with Crippen molar-refractivity contribution in [1.82, 2.24) is 15.1 Å². The van der Waals surface area contributed by atoms with Crippen LogP contribution in [0.4, 0.5) is 0 Å². The Balaban J connectivity index is 0.000000704. The van der Waals surface area contributed by atoms with Crippen molar-refractivity contribution in [3.8, 4) is 0 Å². The molecule has 1 aliphatic heterocycles. The van der Waals surface area contributed by atoms with Gasteiger partial charge in [0.05, 0.1) is 6.20 Å². The zero-order chi connectivity index (χ0) is 14.5. The van der Waals surface area contributed by atoms with Crippen molar-refractivity contribution in [3.05, 3.63) is 52.8 Å². The fourth-order valence-corrected chi connectivity index (χ4v) is 2.27. The molecule has 4 heteroatoms. The van der Waals surface area contributed by atoms with Gasteiger partial charge in [-0.15, -0.1) is 0 Å². The van der Waals surface area contributed by atoms with Gasteiger partial charge in [-0.05, 0) is 19.1 Å². The Morgan fingerprint density at radius 1 is 1.25 bits per heavy atom. The lowest BCUT2D eigenvalue weighted by molar-refractivity contribution is 0.0734. The summed E-state index contributed by atoms with van der Waals surface area (Å²) in [7, 11) is 0. The van der Waals surface area contributed by atoms with E-state index in [1.807, 2.05) is 56.1 Å². The van der Waals surface area contributed by atoms with Gasteiger partial charge in [0.2, 0.25) is 0 Å². The van der Waals surface area contributed by atoms with Gasteiger partial charge in [0.1, 0.15) is 0 Å². The summed E-state index contributed by atoms with van der Waals surface area (Å²) in [6.45, 7) is 7.42. The van der Waals surface area contributed by atoms with Crippen LogP contribution in [0.3, 0.4) is 0 Å². The Morgan fingerprint density at radius 3 is 2.65 bits per heavy atom. The highest BCUT2D eigenvalue weighted by Crippen LogP contribution is 2.18. The molecular formula is C16H21N3O. The lowest BCUT2D eigenvalue weighted by atomic mass is 10.1. The molecule has 1 aromatic heterocycles. The molecule has 2 aromatic rings. The molecule has 0 spiro atoms. The molecule has 0 saturated carbocycles. The van der Waals surface area contributed by atoms with E-state index in [4.69, 9.17) is 0 Å². The summed E-state index contributed by atoms with van der Waals surface area (Å²) >= 11 is 0. The number of nitrogens with one attached hydrogen (secondary N) is 1. The van der Waals surface area contributed by atoms with Crippen LogP contribution in [0.2, 0.25) is 0 Å². The molecule has 0 fully saturated rings. The van der Waals surface area contributed by atoms with Gasteiger partial charge in [0.15, 0.2) is 0 Å². The highest BCUT2D eigenvalue weighted by molar-refractivity contribution is 5.94. The molecule has 0 bridgehead atoms. The van der Waals surface area contributed by atoms with Crippen LogP contribution in [0.25, 0.3) is 0 Å². The number of carbonyl (C=O) groups is 1. The van der Waals surface area contributed by atoms with Gasteiger partial charge in [-0.1, -0.05) is 31.5 Å². The highest BCUT2D eigenvalue weighted by atomic mass is 16.2. The van der Waals surface area contributed by atoms with Gasteiger partial charge in [-0.25, -0.2) is 0 Å². The highest BCUT2D eigenvalue weighted by Gasteiger charge is 2.22. The molecule has 20 heavy (non-hydrogen) atoms. The Kier molecular flexibility index (Phi) is 4.56. The van der Waals surface area contributed by atoms with Gasteiger partial charge in [0.25, 0.3) is 5.91 Å². The third-order valence-corrected chi connectivity index (χ3v) is 3.39. The summed E-state index contributed by atoms with van der Waals surface area (Å²) in [5, 5.41) is 7.00. The van der Waals surface area contributed by atoms with Crippen molar-refractivity contribution in [2.75, 3.05) is 6.54 Å². The van der Waals surface area contributed by atoms with E-state index < -0.39 is 0 Å². The van der Waals surface area contributed by atoms with E-state index in [1.54, 1.807) is 0 Å². The summed E-state index contributed by atoms with van der Waals surface area (Å²) in [6, 6.07) is 7.73. The summed E-state index contributed by atoms with van der Waals surface area (Å²) in [5.74, 6) is 0.0989. The fourth-order valence-electron chi connectivity index (χ4n) is 2.27. The van der Waals surface area contributed by atoms with Crippen LogP contribution in [-0.4, -0.2) is 27.5 Å². The van der Waals surface area contributed by atoms with Crippen molar-refractivity contribution in [1.29, 1.82) is 0 Å². The van der Waals surface area contributed by atoms with Crippen LogP contribution >= 0.6 is 0 Å². The molecule has 1 amide bonds. The molecule has 106 valence electrons. The van der Waals surface area contributed by atoms with Crippen LogP contribution in [0.15, 0.2) is 30.5 Å². The number of carbonyl (C=O) groups excluding carboxylic acids is 1. The number of hydrogen-bond donors (Lipinski definition) is 1. The van der Waals surface area contributed by atoms with Crippen LogP contribution < -0.4 is 0 Å². The van der Waals surface area contributed by atoms with Crippen LogP contribution in [0, 0.1) is 6.92 Å². The molecule has 3 rings (SSSR count). The number of rotatable bonds is 1. The van der Waals surface area contributed by atoms with Crippen LogP contribution in [0.5, 0.6) is 0 Å². The van der Waals surface area contributed by atoms with Gasteiger partial charge in [-0.3, -0.25) is 9.89 Å². The van der Waals surface area contributed by atoms with E-state index in [0.717, 1.165) is 29.8 Å². The topological polar surface area (TPSA) is 49.0 Å². The molecule has 1 N–H and O–H groups in total. The first-order chi connectivity index (χ1) is 9.74. The second-order valence-electron chi connectivity index (χ2n) is 4.72. The number of aromatic nitrogens is 2. The number of aromatic amines is 1. The Morgan fingerprint density at radius 2 is 1.95 bits per heavy atom. The molecule has 0 saturated heterocycles. The predicted octanol–water partition coefficient (Wildman–Crippen LogP) is 2.94. The molecule has 4 nitrogen and oxygen atoms in total. The standard InChI is InChI=1S/C14H15N3O.C2H6/c1-10-2-4-11(5-3-10)14(18)17-7-6-13-12(9-17)8-15-16-13;1-2/h2-5,8H,6-7,9H2,1H3,(H,15,16);1-2H3. The molecule has 0 radical (unpaired) electrons. The zero-order valence-corrected chi connectivity index (χ0v) is 12.3. The van der Waals surface area contributed by atoms with Gasteiger partial charge < -0.3 is 4.90 Å². The maximum atomic E-state index is 12.3. The second-order valence-corrected chi connectivity index (χ2v) is 4.72. The van der Waals surface area contributed by atoms with Crippen molar-refractivity contribution >= 4 is 5.91 Å². The minimum atomic E-state index is 0.0989. The summed E-state index contributed by atoms with van der Waals surface area (Å²) in [5.41, 5.74) is 4.21. The lowest BCUT2D eigenvalue weighted by Gasteiger charge is -2.26. The van der Waals surface area contributed by atoms with Crippen molar-refractivity contribution in [3.63, 3.8) is 0 Å². The van der Waals surface area contributed by atoms with Crippen molar-refractivity contribution in [2.24, 2.45) is 0 Å². The number of aryl methyl sites for hydroxylation is 1. The average Bonchev–Trinajstić information content (AvgIpc) is 2.97. The Bertz CT molecular complexity index is 572. The first kappa shape index (κ1) is 14.3. The summed E-state index contributed by atoms with van der Waals surface area (Å²) in [4.78, 5) is 14.2. The van der Waals surface area contributed by atoms with Crippen LogP contribution in [0.1, 0.15) is 41.0 Å². The quantitative estimate of drug-likeness (QED) is 0.867. The van der Waals surface area contributed by atoms with E-state index >= 15 is 0 Å². The molecular weight excluding hydrogens is 250 g/mol. The predicted molar refractivity (Wildman–Crippen MR) is 79.6 cm³/mol. The molecule has 2 heterocycles. The van der Waals surface area contributed by atoms with Gasteiger partial charge >= 0.3 is 0 Å². The normalized spacial score (nSPS) is 13.2. The SMILES string of the molecule is CC.Cc1ccc(C(=O)N2CCc3[nH]ncc3C2)cc1. The van der Waals surface area contributed by atoms with Crippen molar-refractivity contribution in [2.45, 2.75) is 33.7 Å². The maximum absolute atomic E-state index is 12.3. The fraction of sp³-hybridized carbons (Fsp3) is 0.375. The number of benzene rings is 1. The first-order valence-corrected chi connectivity index (χ1v) is 7.11. The van der Waals surface area contributed by atoms with E-state index in [-0.39, 0.29) is 5.91 Å². The molecule has 0 atom stereocenters. The van der Waals surface area contributed by atoms with Crippen LogP contribution in [-0.2, 0) is 13.0 Å². The third kappa shape index (κ3) is 2.90. The van der Waals surface area contributed by atoms with Gasteiger partial charge in [-0.2, -0.15) is 5.10 Å². The third-order valence-electron chi connectivity index (χ3n) is 3.39. The van der Waals surface area contributed by atoms with E-state index in [2.05, 4.69) is 10.2 Å².